The predicted octanol–water partition coefficient (Wildman–Crippen LogP) is 3.97. The molecule has 0 spiro atoms. The van der Waals surface area contributed by atoms with Gasteiger partial charge >= 0.3 is 0 Å². The van der Waals surface area contributed by atoms with Crippen molar-refractivity contribution in [2.75, 3.05) is 6.61 Å². The van der Waals surface area contributed by atoms with Crippen LogP contribution < -0.4 is 5.32 Å². The molecule has 4 aromatic rings. The third kappa shape index (κ3) is 2.01. The molecule has 130 valence electrons. The fraction of sp³-hybridized carbons (Fsp3) is 0.238. The van der Waals surface area contributed by atoms with Crippen LogP contribution >= 0.6 is 0 Å². The molecule has 1 amide bonds. The summed E-state index contributed by atoms with van der Waals surface area (Å²) in [5.74, 6) is -0.0148. The minimum absolute atomic E-state index is 0.0148. The summed E-state index contributed by atoms with van der Waals surface area (Å²) < 4.78 is 8.08. The first-order valence-electron chi connectivity index (χ1n) is 8.97. The Morgan fingerprint density at radius 2 is 2.04 bits per heavy atom. The second-order valence-electron chi connectivity index (χ2n) is 6.64. The Bertz CT molecular complexity index is 1180. The zero-order valence-corrected chi connectivity index (χ0v) is 14.6. The second kappa shape index (κ2) is 5.81. The third-order valence-electron chi connectivity index (χ3n) is 5.10. The van der Waals surface area contributed by atoms with Crippen molar-refractivity contribution in [1.29, 1.82) is 0 Å². The number of benzene rings is 2. The van der Waals surface area contributed by atoms with E-state index in [0.717, 1.165) is 50.3 Å². The number of nitrogens with one attached hydrogen (secondary N) is 1. The number of carbonyl (C=O) groups is 1. The Kier molecular flexibility index (Phi) is 3.43. The molecule has 1 N–H and O–H groups in total. The van der Waals surface area contributed by atoms with Gasteiger partial charge < -0.3 is 14.6 Å². The molecular weight excluding hydrogens is 326 g/mol. The lowest BCUT2D eigenvalue weighted by atomic mass is 9.98. The van der Waals surface area contributed by atoms with E-state index in [1.807, 2.05) is 24.3 Å². The molecular formula is C21H19N3O2. The van der Waals surface area contributed by atoms with Crippen LogP contribution in [0.25, 0.3) is 32.7 Å². The number of nitrogens with zero attached hydrogens (tertiary/aromatic N) is 2. The number of ether oxygens (including phenoxy) is 1. The molecule has 0 unspecified atom stereocenters. The van der Waals surface area contributed by atoms with Gasteiger partial charge in [-0.05, 0) is 24.1 Å². The summed E-state index contributed by atoms with van der Waals surface area (Å²) in [4.78, 5) is 17.2. The van der Waals surface area contributed by atoms with Crippen LogP contribution in [0.4, 0.5) is 0 Å². The average Bonchev–Trinajstić information content (AvgIpc) is 3.21. The number of amides is 1. The molecule has 0 aliphatic carbocycles. The van der Waals surface area contributed by atoms with Crippen LogP contribution in [-0.2, 0) is 18.0 Å². The average molecular weight is 345 g/mol. The largest absolute Gasteiger partial charge is 0.361 e. The van der Waals surface area contributed by atoms with Crippen molar-refractivity contribution in [1.82, 2.24) is 14.9 Å². The van der Waals surface area contributed by atoms with Crippen molar-refractivity contribution >= 4 is 38.6 Å². The minimum atomic E-state index is -0.0148. The van der Waals surface area contributed by atoms with Gasteiger partial charge in [0, 0.05) is 35.5 Å². The summed E-state index contributed by atoms with van der Waals surface area (Å²) in [6.07, 6.45) is 2.76. The first-order chi connectivity index (χ1) is 12.8. The van der Waals surface area contributed by atoms with Crippen LogP contribution in [0.2, 0.25) is 0 Å². The highest BCUT2D eigenvalue weighted by molar-refractivity contribution is 6.24. The van der Waals surface area contributed by atoms with Crippen molar-refractivity contribution < 1.29 is 9.53 Å². The molecule has 0 atom stereocenters. The molecule has 2 aromatic carbocycles. The standard InChI is InChI=1S/C21H19N3O2/c1-2-10-26-12-24-16-8-4-3-6-13(16)17-15-11-23-21(25)18(15)14-7-5-9-22-19(14)20(17)24/h3-9H,2,10-12H2,1H3,(H,23,25). The first-order valence-corrected chi connectivity index (χ1v) is 8.97. The topological polar surface area (TPSA) is 56.2 Å². The van der Waals surface area contributed by atoms with E-state index in [0.29, 0.717) is 19.9 Å². The smallest absolute Gasteiger partial charge is 0.252 e. The SMILES string of the molecule is CCCOCn1c2ccccc2c2c3c(c4cccnc4c21)C(=O)NC3. The molecule has 0 radical (unpaired) electrons. The summed E-state index contributed by atoms with van der Waals surface area (Å²) in [5, 5.41) is 6.15. The Labute approximate surface area is 150 Å². The quantitative estimate of drug-likeness (QED) is 0.569. The Morgan fingerprint density at radius 3 is 2.92 bits per heavy atom. The molecule has 26 heavy (non-hydrogen) atoms. The lowest BCUT2D eigenvalue weighted by Gasteiger charge is -2.11. The number of rotatable bonds is 4. The molecule has 1 aliphatic heterocycles. The van der Waals surface area contributed by atoms with Crippen molar-refractivity contribution in [2.24, 2.45) is 0 Å². The molecule has 0 saturated carbocycles. The Balaban J connectivity index is 1.97. The molecule has 0 fully saturated rings. The first kappa shape index (κ1) is 15.3. The van der Waals surface area contributed by atoms with Crippen LogP contribution in [0.1, 0.15) is 29.3 Å². The van der Waals surface area contributed by atoms with Gasteiger partial charge in [0.15, 0.2) is 0 Å². The number of aromatic nitrogens is 2. The van der Waals surface area contributed by atoms with Crippen molar-refractivity contribution in [2.45, 2.75) is 26.6 Å². The summed E-state index contributed by atoms with van der Waals surface area (Å²) in [6.45, 7) is 3.85. The number of hydrogen-bond donors (Lipinski definition) is 1. The molecule has 1 aliphatic rings. The van der Waals surface area contributed by atoms with Crippen LogP contribution in [0.5, 0.6) is 0 Å². The number of para-hydroxylation sites is 1. The molecule has 0 bridgehead atoms. The number of carbonyl (C=O) groups excluding carboxylic acids is 1. The fourth-order valence-electron chi connectivity index (χ4n) is 4.07. The van der Waals surface area contributed by atoms with Crippen LogP contribution in [-0.4, -0.2) is 22.1 Å². The van der Waals surface area contributed by atoms with Gasteiger partial charge in [0.1, 0.15) is 6.73 Å². The van der Waals surface area contributed by atoms with Gasteiger partial charge in [-0.25, -0.2) is 0 Å². The van der Waals surface area contributed by atoms with Gasteiger partial charge in [-0.1, -0.05) is 31.2 Å². The molecule has 5 nitrogen and oxygen atoms in total. The molecule has 3 heterocycles. The minimum Gasteiger partial charge on any atom is -0.361 e. The third-order valence-corrected chi connectivity index (χ3v) is 5.10. The number of hydrogen-bond acceptors (Lipinski definition) is 3. The molecule has 0 saturated heterocycles. The van der Waals surface area contributed by atoms with Gasteiger partial charge in [-0.3, -0.25) is 9.78 Å². The Morgan fingerprint density at radius 1 is 1.19 bits per heavy atom. The van der Waals surface area contributed by atoms with Gasteiger partial charge in [0.05, 0.1) is 22.1 Å². The van der Waals surface area contributed by atoms with Gasteiger partial charge in [0.25, 0.3) is 5.91 Å². The normalized spacial score (nSPS) is 13.7. The molecule has 5 heteroatoms. The van der Waals surface area contributed by atoms with E-state index in [1.165, 1.54) is 0 Å². The summed E-state index contributed by atoms with van der Waals surface area (Å²) in [7, 11) is 0. The maximum absolute atomic E-state index is 12.5. The highest BCUT2D eigenvalue weighted by Crippen LogP contribution is 2.40. The zero-order valence-electron chi connectivity index (χ0n) is 14.6. The highest BCUT2D eigenvalue weighted by Gasteiger charge is 2.28. The van der Waals surface area contributed by atoms with Crippen molar-refractivity contribution in [3.63, 3.8) is 0 Å². The zero-order chi connectivity index (χ0) is 17.7. The van der Waals surface area contributed by atoms with E-state index in [1.54, 1.807) is 6.20 Å². The van der Waals surface area contributed by atoms with E-state index in [9.17, 15) is 4.79 Å². The highest BCUT2D eigenvalue weighted by atomic mass is 16.5. The van der Waals surface area contributed by atoms with Crippen molar-refractivity contribution in [3.8, 4) is 0 Å². The lowest BCUT2D eigenvalue weighted by molar-refractivity contribution is 0.0830. The number of fused-ring (bicyclic) bond motifs is 8. The number of pyridine rings is 1. The van der Waals surface area contributed by atoms with Crippen LogP contribution in [0, 0.1) is 0 Å². The van der Waals surface area contributed by atoms with Crippen LogP contribution in [0.3, 0.4) is 0 Å². The maximum atomic E-state index is 12.5. The van der Waals surface area contributed by atoms with Crippen molar-refractivity contribution in [3.05, 3.63) is 53.7 Å². The van der Waals surface area contributed by atoms with Gasteiger partial charge in [0.2, 0.25) is 0 Å². The fourth-order valence-corrected chi connectivity index (χ4v) is 4.07. The van der Waals surface area contributed by atoms with E-state index < -0.39 is 0 Å². The van der Waals surface area contributed by atoms with Crippen LogP contribution in [0.15, 0.2) is 42.6 Å². The lowest BCUT2D eigenvalue weighted by Crippen LogP contribution is -2.12. The summed E-state index contributed by atoms with van der Waals surface area (Å²) in [6, 6.07) is 12.2. The Hall–Kier alpha value is -2.92. The monoisotopic (exact) mass is 345 g/mol. The molecule has 2 aromatic heterocycles. The van der Waals surface area contributed by atoms with Gasteiger partial charge in [-0.2, -0.15) is 0 Å². The second-order valence-corrected chi connectivity index (χ2v) is 6.64. The van der Waals surface area contributed by atoms with Gasteiger partial charge in [-0.15, -0.1) is 0 Å². The van der Waals surface area contributed by atoms with E-state index in [-0.39, 0.29) is 5.91 Å². The summed E-state index contributed by atoms with van der Waals surface area (Å²) in [5.41, 5.74) is 4.84. The van der Waals surface area contributed by atoms with E-state index >= 15 is 0 Å². The summed E-state index contributed by atoms with van der Waals surface area (Å²) >= 11 is 0. The predicted molar refractivity (Wildman–Crippen MR) is 102 cm³/mol. The maximum Gasteiger partial charge on any atom is 0.252 e. The van der Waals surface area contributed by atoms with E-state index in [2.05, 4.69) is 33.9 Å². The molecule has 5 rings (SSSR count). The van der Waals surface area contributed by atoms with E-state index in [4.69, 9.17) is 4.74 Å².